The average Bonchev–Trinajstić information content (AvgIpc) is 2.74. The fourth-order valence-electron chi connectivity index (χ4n) is 2.09. The first-order chi connectivity index (χ1) is 8.13. The highest BCUT2D eigenvalue weighted by Crippen LogP contribution is 2.42. The summed E-state index contributed by atoms with van der Waals surface area (Å²) in [5.41, 5.74) is 3.83. The van der Waals surface area contributed by atoms with Gasteiger partial charge in [0, 0.05) is 27.4 Å². The predicted octanol–water partition coefficient (Wildman–Crippen LogP) is 4.30. The standard InChI is InChI=1S/C13H13BrN2S/c1-7(2)15-13-16-12-10-6-9(14)4-3-8(10)5-11(12)17-13/h3-4,6-7H,5H2,1-2H3,(H,15,16). The topological polar surface area (TPSA) is 24.9 Å². The Morgan fingerprint density at radius 3 is 3.00 bits per heavy atom. The van der Waals surface area contributed by atoms with Crippen LogP contribution in [0, 0.1) is 0 Å². The van der Waals surface area contributed by atoms with E-state index < -0.39 is 0 Å². The van der Waals surface area contributed by atoms with Crippen LogP contribution in [0.5, 0.6) is 0 Å². The zero-order valence-corrected chi connectivity index (χ0v) is 12.2. The molecule has 0 fully saturated rings. The maximum absolute atomic E-state index is 4.70. The van der Waals surface area contributed by atoms with Gasteiger partial charge in [-0.05, 0) is 31.5 Å². The van der Waals surface area contributed by atoms with Crippen LogP contribution < -0.4 is 5.32 Å². The van der Waals surface area contributed by atoms with Gasteiger partial charge in [-0.3, -0.25) is 0 Å². The summed E-state index contributed by atoms with van der Waals surface area (Å²) in [6.07, 6.45) is 1.02. The Bertz CT molecular complexity index is 575. The van der Waals surface area contributed by atoms with Gasteiger partial charge in [0.25, 0.3) is 0 Å². The fraction of sp³-hybridized carbons (Fsp3) is 0.308. The molecule has 0 unspecified atom stereocenters. The highest BCUT2D eigenvalue weighted by molar-refractivity contribution is 9.10. The van der Waals surface area contributed by atoms with E-state index in [1.807, 2.05) is 0 Å². The molecule has 1 aliphatic rings. The van der Waals surface area contributed by atoms with Gasteiger partial charge in [0.1, 0.15) is 0 Å². The van der Waals surface area contributed by atoms with E-state index in [1.165, 1.54) is 16.0 Å². The van der Waals surface area contributed by atoms with Crippen molar-refractivity contribution < 1.29 is 0 Å². The zero-order chi connectivity index (χ0) is 12.0. The number of rotatable bonds is 2. The van der Waals surface area contributed by atoms with E-state index in [-0.39, 0.29) is 0 Å². The number of halogens is 1. The van der Waals surface area contributed by atoms with Gasteiger partial charge in [0.05, 0.1) is 5.69 Å². The molecule has 0 radical (unpaired) electrons. The second-order valence-electron chi connectivity index (χ2n) is 4.57. The molecular weight excluding hydrogens is 296 g/mol. The summed E-state index contributed by atoms with van der Waals surface area (Å²) in [6, 6.07) is 6.88. The van der Waals surface area contributed by atoms with Crippen molar-refractivity contribution in [3.05, 3.63) is 33.1 Å². The van der Waals surface area contributed by atoms with E-state index in [4.69, 9.17) is 4.98 Å². The Balaban J connectivity index is 2.02. The second-order valence-corrected chi connectivity index (χ2v) is 6.57. The minimum atomic E-state index is 0.434. The molecule has 0 atom stereocenters. The molecule has 0 amide bonds. The third-order valence-electron chi connectivity index (χ3n) is 2.79. The van der Waals surface area contributed by atoms with Crippen LogP contribution in [0.1, 0.15) is 24.3 Å². The molecule has 1 N–H and O–H groups in total. The van der Waals surface area contributed by atoms with E-state index >= 15 is 0 Å². The molecule has 4 heteroatoms. The minimum absolute atomic E-state index is 0.434. The third-order valence-corrected chi connectivity index (χ3v) is 4.27. The van der Waals surface area contributed by atoms with Gasteiger partial charge >= 0.3 is 0 Å². The lowest BCUT2D eigenvalue weighted by Gasteiger charge is -2.05. The van der Waals surface area contributed by atoms with Crippen LogP contribution in [-0.2, 0) is 6.42 Å². The maximum atomic E-state index is 4.70. The molecule has 0 saturated heterocycles. The Labute approximate surface area is 113 Å². The van der Waals surface area contributed by atoms with Crippen LogP contribution in [0.25, 0.3) is 11.3 Å². The van der Waals surface area contributed by atoms with Crippen LogP contribution >= 0.6 is 27.3 Å². The highest BCUT2D eigenvalue weighted by Gasteiger charge is 2.23. The highest BCUT2D eigenvalue weighted by atomic mass is 79.9. The number of fused-ring (bicyclic) bond motifs is 3. The molecule has 1 aliphatic carbocycles. The van der Waals surface area contributed by atoms with Crippen molar-refractivity contribution in [3.63, 3.8) is 0 Å². The van der Waals surface area contributed by atoms with Crippen molar-refractivity contribution in [2.24, 2.45) is 0 Å². The van der Waals surface area contributed by atoms with E-state index in [9.17, 15) is 0 Å². The average molecular weight is 309 g/mol. The van der Waals surface area contributed by atoms with Crippen molar-refractivity contribution in [2.75, 3.05) is 5.32 Å². The zero-order valence-electron chi connectivity index (χ0n) is 9.75. The summed E-state index contributed by atoms with van der Waals surface area (Å²) in [6.45, 7) is 4.27. The third kappa shape index (κ3) is 2.00. The number of nitrogens with zero attached hydrogens (tertiary/aromatic N) is 1. The first-order valence-electron chi connectivity index (χ1n) is 5.68. The second kappa shape index (κ2) is 4.10. The number of hydrogen-bond acceptors (Lipinski definition) is 3. The van der Waals surface area contributed by atoms with Crippen molar-refractivity contribution in [2.45, 2.75) is 26.3 Å². The summed E-state index contributed by atoms with van der Waals surface area (Å²) in [7, 11) is 0. The van der Waals surface area contributed by atoms with Crippen LogP contribution in [0.2, 0.25) is 0 Å². The van der Waals surface area contributed by atoms with Gasteiger partial charge in [0.15, 0.2) is 5.13 Å². The fourth-order valence-corrected chi connectivity index (χ4v) is 3.59. The number of benzene rings is 1. The SMILES string of the molecule is CC(C)Nc1nc2c(s1)Cc1ccc(Br)cc1-2. The van der Waals surface area contributed by atoms with Gasteiger partial charge < -0.3 is 5.32 Å². The molecule has 17 heavy (non-hydrogen) atoms. The first-order valence-corrected chi connectivity index (χ1v) is 7.29. The summed E-state index contributed by atoms with van der Waals surface area (Å²) in [5.74, 6) is 0. The van der Waals surface area contributed by atoms with Gasteiger partial charge in [-0.2, -0.15) is 0 Å². The molecule has 0 saturated carbocycles. The van der Waals surface area contributed by atoms with Crippen molar-refractivity contribution in [1.29, 1.82) is 0 Å². The number of thiazole rings is 1. The molecule has 1 heterocycles. The summed E-state index contributed by atoms with van der Waals surface area (Å²) >= 11 is 5.30. The minimum Gasteiger partial charge on any atom is -0.359 e. The normalized spacial score (nSPS) is 12.7. The molecular formula is C13H13BrN2S. The molecule has 0 aliphatic heterocycles. The monoisotopic (exact) mass is 308 g/mol. The Morgan fingerprint density at radius 1 is 1.41 bits per heavy atom. The van der Waals surface area contributed by atoms with Gasteiger partial charge in [0.2, 0.25) is 0 Å². The Hall–Kier alpha value is -0.870. The largest absolute Gasteiger partial charge is 0.359 e. The van der Waals surface area contributed by atoms with Crippen molar-refractivity contribution >= 4 is 32.4 Å². The number of aromatic nitrogens is 1. The quantitative estimate of drug-likeness (QED) is 0.763. The molecule has 3 rings (SSSR count). The molecule has 1 aromatic carbocycles. The summed E-state index contributed by atoms with van der Waals surface area (Å²) < 4.78 is 1.12. The summed E-state index contributed by atoms with van der Waals surface area (Å²) in [5, 5.41) is 4.41. The first kappa shape index (κ1) is 11.2. The maximum Gasteiger partial charge on any atom is 0.183 e. The predicted molar refractivity (Wildman–Crippen MR) is 76.8 cm³/mol. The van der Waals surface area contributed by atoms with Gasteiger partial charge in [-0.1, -0.05) is 22.0 Å². The van der Waals surface area contributed by atoms with Crippen molar-refractivity contribution in [1.82, 2.24) is 4.98 Å². The van der Waals surface area contributed by atoms with Crippen molar-refractivity contribution in [3.8, 4) is 11.3 Å². The van der Waals surface area contributed by atoms with E-state index in [2.05, 4.69) is 53.3 Å². The molecule has 1 aromatic heterocycles. The smallest absolute Gasteiger partial charge is 0.183 e. The number of hydrogen-bond donors (Lipinski definition) is 1. The van der Waals surface area contributed by atoms with Gasteiger partial charge in [-0.25, -0.2) is 4.98 Å². The van der Waals surface area contributed by atoms with Crippen LogP contribution in [-0.4, -0.2) is 11.0 Å². The van der Waals surface area contributed by atoms with Crippen LogP contribution in [0.15, 0.2) is 22.7 Å². The molecule has 0 spiro atoms. The molecule has 0 bridgehead atoms. The van der Waals surface area contributed by atoms with Crippen LogP contribution in [0.4, 0.5) is 5.13 Å². The van der Waals surface area contributed by atoms with E-state index in [1.54, 1.807) is 11.3 Å². The Morgan fingerprint density at radius 2 is 2.24 bits per heavy atom. The lowest BCUT2D eigenvalue weighted by atomic mass is 10.1. The van der Waals surface area contributed by atoms with Crippen LogP contribution in [0.3, 0.4) is 0 Å². The molecule has 2 nitrogen and oxygen atoms in total. The van der Waals surface area contributed by atoms with E-state index in [0.717, 1.165) is 21.7 Å². The molecule has 88 valence electrons. The molecule has 2 aromatic rings. The van der Waals surface area contributed by atoms with Gasteiger partial charge in [-0.15, -0.1) is 11.3 Å². The lowest BCUT2D eigenvalue weighted by molar-refractivity contribution is 0.897. The summed E-state index contributed by atoms with van der Waals surface area (Å²) in [4.78, 5) is 6.08. The number of anilines is 1. The lowest BCUT2D eigenvalue weighted by Crippen LogP contribution is -2.09. The Kier molecular flexibility index (Phi) is 2.71. The van der Waals surface area contributed by atoms with E-state index in [0.29, 0.717) is 6.04 Å². The number of nitrogens with one attached hydrogen (secondary N) is 1.